The van der Waals surface area contributed by atoms with Crippen LogP contribution in [0.4, 0.5) is 0 Å². The molecular formula is C23H37N7O. The van der Waals surface area contributed by atoms with E-state index in [0.717, 1.165) is 51.9 Å². The van der Waals surface area contributed by atoms with Gasteiger partial charge in [-0.15, -0.1) is 0 Å². The van der Waals surface area contributed by atoms with E-state index in [1.807, 2.05) is 11.7 Å². The minimum atomic E-state index is 0.489. The number of benzene rings is 1. The van der Waals surface area contributed by atoms with Crippen molar-refractivity contribution in [2.24, 2.45) is 10.9 Å². The first kappa shape index (κ1) is 23.2. The van der Waals surface area contributed by atoms with E-state index >= 15 is 0 Å². The summed E-state index contributed by atoms with van der Waals surface area (Å²) < 4.78 is 7.40. The molecule has 0 amide bonds. The van der Waals surface area contributed by atoms with Crippen molar-refractivity contribution in [3.63, 3.8) is 0 Å². The van der Waals surface area contributed by atoms with Crippen LogP contribution in [0.2, 0.25) is 0 Å². The lowest BCUT2D eigenvalue weighted by molar-refractivity contribution is 0.00272. The molecule has 0 aliphatic carbocycles. The predicted octanol–water partition coefficient (Wildman–Crippen LogP) is 2.13. The molecule has 1 aliphatic rings. The SMILES string of the molecule is CCC(CC)C(CNC(=NC)NCc1cccc(Cn2cncn2)c1)N1CCOCC1. The topological polar surface area (TPSA) is 79.6 Å². The molecule has 2 N–H and O–H groups in total. The second-order valence-electron chi connectivity index (χ2n) is 8.01. The molecule has 0 bridgehead atoms. The average molecular weight is 428 g/mol. The molecule has 1 atom stereocenters. The lowest BCUT2D eigenvalue weighted by Gasteiger charge is -2.39. The molecule has 1 aliphatic heterocycles. The van der Waals surface area contributed by atoms with E-state index in [0.29, 0.717) is 12.0 Å². The number of aromatic nitrogens is 3. The molecule has 0 radical (unpaired) electrons. The fourth-order valence-corrected chi connectivity index (χ4v) is 4.28. The highest BCUT2D eigenvalue weighted by Gasteiger charge is 2.27. The Morgan fingerprint density at radius 3 is 2.61 bits per heavy atom. The summed E-state index contributed by atoms with van der Waals surface area (Å²) >= 11 is 0. The van der Waals surface area contributed by atoms with Crippen LogP contribution in [0.1, 0.15) is 37.8 Å². The van der Waals surface area contributed by atoms with Gasteiger partial charge in [-0.25, -0.2) is 9.67 Å². The molecule has 3 rings (SSSR count). The number of guanidine groups is 1. The molecule has 0 spiro atoms. The summed E-state index contributed by atoms with van der Waals surface area (Å²) in [6.45, 7) is 10.6. The van der Waals surface area contributed by atoms with Crippen LogP contribution in [-0.4, -0.2) is 71.6 Å². The Balaban J connectivity index is 1.54. The maximum Gasteiger partial charge on any atom is 0.191 e. The number of morpholine rings is 1. The highest BCUT2D eigenvalue weighted by molar-refractivity contribution is 5.79. The lowest BCUT2D eigenvalue weighted by atomic mass is 9.92. The number of hydrogen-bond acceptors (Lipinski definition) is 5. The summed E-state index contributed by atoms with van der Waals surface area (Å²) in [5.41, 5.74) is 2.42. The maximum atomic E-state index is 5.57. The van der Waals surface area contributed by atoms with Crippen LogP contribution in [0.15, 0.2) is 41.9 Å². The smallest absolute Gasteiger partial charge is 0.191 e. The molecule has 31 heavy (non-hydrogen) atoms. The van der Waals surface area contributed by atoms with Gasteiger partial charge in [0.25, 0.3) is 0 Å². The van der Waals surface area contributed by atoms with Crippen LogP contribution < -0.4 is 10.6 Å². The van der Waals surface area contributed by atoms with Gasteiger partial charge in [0.05, 0.1) is 19.8 Å². The summed E-state index contributed by atoms with van der Waals surface area (Å²) in [4.78, 5) is 11.0. The second-order valence-corrected chi connectivity index (χ2v) is 8.01. The van der Waals surface area contributed by atoms with E-state index in [4.69, 9.17) is 4.74 Å². The highest BCUT2D eigenvalue weighted by Crippen LogP contribution is 2.19. The van der Waals surface area contributed by atoms with Gasteiger partial charge in [0, 0.05) is 39.3 Å². The number of nitrogens with zero attached hydrogens (tertiary/aromatic N) is 5. The Morgan fingerprint density at radius 1 is 1.16 bits per heavy atom. The van der Waals surface area contributed by atoms with E-state index in [9.17, 15) is 0 Å². The van der Waals surface area contributed by atoms with Crippen LogP contribution >= 0.6 is 0 Å². The summed E-state index contributed by atoms with van der Waals surface area (Å²) in [5, 5.41) is 11.2. The third kappa shape index (κ3) is 7.04. The quantitative estimate of drug-likeness (QED) is 0.447. The Labute approximate surface area is 186 Å². The van der Waals surface area contributed by atoms with Gasteiger partial charge in [-0.3, -0.25) is 9.89 Å². The van der Waals surface area contributed by atoms with Crippen LogP contribution in [0.3, 0.4) is 0 Å². The normalized spacial score (nSPS) is 16.5. The molecule has 8 heteroatoms. The minimum absolute atomic E-state index is 0.489. The van der Waals surface area contributed by atoms with Crippen LogP contribution in [-0.2, 0) is 17.8 Å². The highest BCUT2D eigenvalue weighted by atomic mass is 16.5. The predicted molar refractivity (Wildman–Crippen MR) is 124 cm³/mol. The molecular weight excluding hydrogens is 390 g/mol. The lowest BCUT2D eigenvalue weighted by Crippen LogP contribution is -2.53. The molecule has 1 fully saturated rings. The van der Waals surface area contributed by atoms with E-state index in [2.05, 4.69) is 68.7 Å². The van der Waals surface area contributed by atoms with E-state index in [1.165, 1.54) is 24.0 Å². The van der Waals surface area contributed by atoms with Gasteiger partial charge in [0.15, 0.2) is 5.96 Å². The van der Waals surface area contributed by atoms with Gasteiger partial charge < -0.3 is 15.4 Å². The van der Waals surface area contributed by atoms with Crippen LogP contribution in [0.5, 0.6) is 0 Å². The van der Waals surface area contributed by atoms with Gasteiger partial charge >= 0.3 is 0 Å². The Hall–Kier alpha value is -2.45. The molecule has 1 aromatic heterocycles. The number of aliphatic imine (C=N–C) groups is 1. The fraction of sp³-hybridized carbons (Fsp3) is 0.609. The van der Waals surface area contributed by atoms with Crippen molar-refractivity contribution in [2.75, 3.05) is 39.9 Å². The largest absolute Gasteiger partial charge is 0.379 e. The summed E-state index contributed by atoms with van der Waals surface area (Å²) in [7, 11) is 1.83. The zero-order valence-corrected chi connectivity index (χ0v) is 19.1. The van der Waals surface area contributed by atoms with Crippen molar-refractivity contribution in [3.05, 3.63) is 48.0 Å². The van der Waals surface area contributed by atoms with Gasteiger partial charge in [0.1, 0.15) is 12.7 Å². The maximum absolute atomic E-state index is 5.57. The number of hydrogen-bond donors (Lipinski definition) is 2. The van der Waals surface area contributed by atoms with Gasteiger partial charge in [-0.2, -0.15) is 5.10 Å². The van der Waals surface area contributed by atoms with Gasteiger partial charge in [-0.05, 0) is 17.0 Å². The third-order valence-corrected chi connectivity index (χ3v) is 6.07. The van der Waals surface area contributed by atoms with Crippen molar-refractivity contribution in [2.45, 2.75) is 45.8 Å². The summed E-state index contributed by atoms with van der Waals surface area (Å²) in [6, 6.07) is 9.01. The minimum Gasteiger partial charge on any atom is -0.379 e. The summed E-state index contributed by atoms with van der Waals surface area (Å²) in [6.07, 6.45) is 5.67. The van der Waals surface area contributed by atoms with Crippen molar-refractivity contribution in [3.8, 4) is 0 Å². The first-order chi connectivity index (χ1) is 15.2. The molecule has 170 valence electrons. The number of nitrogens with one attached hydrogen (secondary N) is 2. The first-order valence-corrected chi connectivity index (χ1v) is 11.4. The van der Waals surface area contributed by atoms with Crippen molar-refractivity contribution >= 4 is 5.96 Å². The molecule has 1 saturated heterocycles. The second kappa shape index (κ2) is 12.4. The molecule has 1 aromatic carbocycles. The van der Waals surface area contributed by atoms with Gasteiger partial charge in [-0.1, -0.05) is 51.0 Å². The monoisotopic (exact) mass is 427 g/mol. The zero-order chi connectivity index (χ0) is 21.9. The Kier molecular flexibility index (Phi) is 9.30. The fourth-order valence-electron chi connectivity index (χ4n) is 4.28. The average Bonchev–Trinajstić information content (AvgIpc) is 3.32. The van der Waals surface area contributed by atoms with Crippen LogP contribution in [0.25, 0.3) is 0 Å². The van der Waals surface area contributed by atoms with Gasteiger partial charge in [0.2, 0.25) is 0 Å². The summed E-state index contributed by atoms with van der Waals surface area (Å²) in [5.74, 6) is 1.50. The molecule has 2 aromatic rings. The number of rotatable bonds is 10. The first-order valence-electron chi connectivity index (χ1n) is 11.4. The van der Waals surface area contributed by atoms with Crippen molar-refractivity contribution < 1.29 is 4.74 Å². The molecule has 0 saturated carbocycles. The third-order valence-electron chi connectivity index (χ3n) is 6.07. The molecule has 2 heterocycles. The van der Waals surface area contributed by atoms with Crippen molar-refractivity contribution in [1.29, 1.82) is 0 Å². The van der Waals surface area contributed by atoms with Crippen molar-refractivity contribution in [1.82, 2.24) is 30.3 Å². The molecule has 8 nitrogen and oxygen atoms in total. The molecule has 1 unspecified atom stereocenters. The Morgan fingerprint density at radius 2 is 1.94 bits per heavy atom. The van der Waals surface area contributed by atoms with E-state index < -0.39 is 0 Å². The van der Waals surface area contributed by atoms with Crippen LogP contribution in [0, 0.1) is 5.92 Å². The standard InChI is InChI=1S/C23H37N7O/c1-4-21(5-2)22(29-9-11-31-12-10-29)15-27-23(24-3)26-14-19-7-6-8-20(13-19)16-30-18-25-17-28-30/h6-8,13,17-18,21-22H,4-5,9-12,14-16H2,1-3H3,(H2,24,26,27). The van der Waals surface area contributed by atoms with E-state index in [1.54, 1.807) is 12.7 Å². The van der Waals surface area contributed by atoms with E-state index in [-0.39, 0.29) is 0 Å². The Bertz CT molecular complexity index is 783. The zero-order valence-electron chi connectivity index (χ0n) is 19.1. The number of ether oxygens (including phenoxy) is 1.